The minimum atomic E-state index is -4.75. The molecular weight excluding hydrogens is 287 g/mol. The average Bonchev–Trinajstić information content (AvgIpc) is 2.76. The predicted octanol–water partition coefficient (Wildman–Crippen LogP) is 2.38. The summed E-state index contributed by atoms with van der Waals surface area (Å²) in [6.07, 6.45) is -3.19. The zero-order valence-corrected chi connectivity index (χ0v) is 10.4. The fourth-order valence-electron chi connectivity index (χ4n) is 1.88. The molecule has 3 aromatic rings. The Morgan fingerprint density at radius 3 is 2.38 bits per heavy atom. The molecule has 0 unspecified atom stereocenters. The third kappa shape index (κ3) is 2.60. The van der Waals surface area contributed by atoms with Crippen LogP contribution in [0.25, 0.3) is 11.3 Å². The molecule has 3 rings (SSSR count). The number of pyridine rings is 1. The summed E-state index contributed by atoms with van der Waals surface area (Å²) >= 11 is 0. The van der Waals surface area contributed by atoms with Gasteiger partial charge >= 0.3 is 12.1 Å². The molecule has 8 heteroatoms. The average molecular weight is 295 g/mol. The van der Waals surface area contributed by atoms with Crippen LogP contribution < -0.4 is 10.4 Å². The van der Waals surface area contributed by atoms with Gasteiger partial charge in [0.1, 0.15) is 5.75 Å². The van der Waals surface area contributed by atoms with Gasteiger partial charge < -0.3 is 4.74 Å². The third-order valence-electron chi connectivity index (χ3n) is 2.74. The van der Waals surface area contributed by atoms with Gasteiger partial charge in [0, 0.05) is 6.20 Å². The second-order valence-corrected chi connectivity index (χ2v) is 4.16. The zero-order chi connectivity index (χ0) is 15.0. The Labute approximate surface area is 115 Å². The summed E-state index contributed by atoms with van der Waals surface area (Å²) < 4.78 is 42.4. The van der Waals surface area contributed by atoms with E-state index in [1.165, 1.54) is 16.5 Å². The maximum atomic E-state index is 12.1. The van der Waals surface area contributed by atoms with Crippen LogP contribution in [0.5, 0.6) is 5.75 Å². The van der Waals surface area contributed by atoms with E-state index < -0.39 is 12.1 Å². The van der Waals surface area contributed by atoms with Gasteiger partial charge in [0.15, 0.2) is 5.65 Å². The molecule has 108 valence electrons. The molecule has 0 spiro atoms. The largest absolute Gasteiger partial charge is 0.573 e. The molecule has 0 saturated heterocycles. The molecule has 0 N–H and O–H groups in total. The highest BCUT2D eigenvalue weighted by atomic mass is 19.4. The first-order valence-corrected chi connectivity index (χ1v) is 5.87. The quantitative estimate of drug-likeness (QED) is 0.729. The van der Waals surface area contributed by atoms with Gasteiger partial charge in [0.2, 0.25) is 0 Å². The van der Waals surface area contributed by atoms with Crippen molar-refractivity contribution < 1.29 is 17.9 Å². The number of halogens is 3. The van der Waals surface area contributed by atoms with E-state index in [0.717, 1.165) is 16.8 Å². The van der Waals surface area contributed by atoms with Crippen LogP contribution in [-0.4, -0.2) is 20.5 Å². The van der Waals surface area contributed by atoms with Crippen LogP contribution in [0.1, 0.15) is 0 Å². The summed E-state index contributed by atoms with van der Waals surface area (Å²) in [6, 6.07) is 9.97. The summed E-state index contributed by atoms with van der Waals surface area (Å²) in [5.74, 6) is -0.358. The van der Waals surface area contributed by atoms with Crippen LogP contribution in [0.15, 0.2) is 53.5 Å². The van der Waals surface area contributed by atoms with Crippen molar-refractivity contribution in [2.24, 2.45) is 0 Å². The summed E-state index contributed by atoms with van der Waals surface area (Å²) in [4.78, 5) is 12.1. The fraction of sp³-hybridized carbons (Fsp3) is 0.0769. The third-order valence-corrected chi connectivity index (χ3v) is 2.74. The molecule has 0 amide bonds. The van der Waals surface area contributed by atoms with Gasteiger partial charge in [0.25, 0.3) is 0 Å². The SMILES string of the molecule is O=c1n(-c2ccc(OC(F)(F)F)cc2)nc2ccccn12. The van der Waals surface area contributed by atoms with E-state index in [0.29, 0.717) is 11.3 Å². The first kappa shape index (κ1) is 13.2. The van der Waals surface area contributed by atoms with Crippen molar-refractivity contribution in [3.63, 3.8) is 0 Å². The Morgan fingerprint density at radius 1 is 1.05 bits per heavy atom. The summed E-state index contributed by atoms with van der Waals surface area (Å²) in [5.41, 5.74) is 0.381. The van der Waals surface area contributed by atoms with Crippen molar-refractivity contribution in [1.82, 2.24) is 14.2 Å². The maximum Gasteiger partial charge on any atom is 0.573 e. The van der Waals surface area contributed by atoms with Gasteiger partial charge in [-0.2, -0.15) is 4.68 Å². The topological polar surface area (TPSA) is 48.5 Å². The van der Waals surface area contributed by atoms with Gasteiger partial charge in [-0.25, -0.2) is 9.20 Å². The second-order valence-electron chi connectivity index (χ2n) is 4.16. The Hall–Kier alpha value is -2.77. The predicted molar refractivity (Wildman–Crippen MR) is 67.5 cm³/mol. The lowest BCUT2D eigenvalue weighted by molar-refractivity contribution is -0.274. The number of aromatic nitrogens is 3. The molecule has 1 aromatic carbocycles. The van der Waals surface area contributed by atoms with Gasteiger partial charge in [-0.1, -0.05) is 6.07 Å². The van der Waals surface area contributed by atoms with Crippen LogP contribution in [0.4, 0.5) is 13.2 Å². The Kier molecular flexibility index (Phi) is 2.93. The molecule has 21 heavy (non-hydrogen) atoms. The highest BCUT2D eigenvalue weighted by Crippen LogP contribution is 2.23. The number of benzene rings is 1. The molecule has 0 aliphatic rings. The van der Waals surface area contributed by atoms with E-state index in [4.69, 9.17) is 0 Å². The van der Waals surface area contributed by atoms with Gasteiger partial charge in [0.05, 0.1) is 5.69 Å². The minimum absolute atomic E-state index is 0.346. The molecule has 0 aliphatic heterocycles. The van der Waals surface area contributed by atoms with Gasteiger partial charge in [-0.3, -0.25) is 0 Å². The van der Waals surface area contributed by atoms with Crippen molar-refractivity contribution in [2.75, 3.05) is 0 Å². The van der Waals surface area contributed by atoms with Gasteiger partial charge in [-0.15, -0.1) is 18.3 Å². The normalized spacial score (nSPS) is 11.8. The number of hydrogen-bond acceptors (Lipinski definition) is 3. The van der Waals surface area contributed by atoms with Crippen molar-refractivity contribution in [3.8, 4) is 11.4 Å². The zero-order valence-electron chi connectivity index (χ0n) is 10.4. The van der Waals surface area contributed by atoms with E-state index in [1.807, 2.05) is 0 Å². The molecule has 0 bridgehead atoms. The number of hydrogen-bond donors (Lipinski definition) is 0. The summed E-state index contributed by atoms with van der Waals surface area (Å²) in [7, 11) is 0. The Bertz CT molecular complexity index is 834. The minimum Gasteiger partial charge on any atom is -0.406 e. The van der Waals surface area contributed by atoms with Crippen molar-refractivity contribution in [1.29, 1.82) is 0 Å². The van der Waals surface area contributed by atoms with Crippen LogP contribution in [0.2, 0.25) is 0 Å². The van der Waals surface area contributed by atoms with Crippen LogP contribution >= 0.6 is 0 Å². The highest BCUT2D eigenvalue weighted by Gasteiger charge is 2.31. The molecule has 2 aromatic heterocycles. The van der Waals surface area contributed by atoms with Crippen molar-refractivity contribution >= 4 is 5.65 Å². The van der Waals surface area contributed by atoms with Gasteiger partial charge in [-0.05, 0) is 36.4 Å². The van der Waals surface area contributed by atoms with Crippen molar-refractivity contribution in [3.05, 3.63) is 59.1 Å². The molecule has 5 nitrogen and oxygen atoms in total. The lowest BCUT2D eigenvalue weighted by Crippen LogP contribution is -2.19. The molecule has 0 atom stereocenters. The van der Waals surface area contributed by atoms with E-state index in [1.54, 1.807) is 24.4 Å². The molecule has 0 aliphatic carbocycles. The molecule has 0 saturated carbocycles. The summed E-state index contributed by atoms with van der Waals surface area (Å²) in [5, 5.41) is 4.09. The molecule has 0 fully saturated rings. The number of fused-ring (bicyclic) bond motifs is 1. The molecule has 0 radical (unpaired) electrons. The van der Waals surface area contributed by atoms with Crippen LogP contribution in [-0.2, 0) is 0 Å². The highest BCUT2D eigenvalue weighted by molar-refractivity contribution is 5.41. The first-order chi connectivity index (χ1) is 9.94. The first-order valence-electron chi connectivity index (χ1n) is 5.87. The Morgan fingerprint density at radius 2 is 1.76 bits per heavy atom. The van der Waals surface area contributed by atoms with Crippen LogP contribution in [0.3, 0.4) is 0 Å². The van der Waals surface area contributed by atoms with E-state index >= 15 is 0 Å². The monoisotopic (exact) mass is 295 g/mol. The number of alkyl halides is 3. The maximum absolute atomic E-state index is 12.1. The van der Waals surface area contributed by atoms with E-state index in [9.17, 15) is 18.0 Å². The smallest absolute Gasteiger partial charge is 0.406 e. The van der Waals surface area contributed by atoms with E-state index in [2.05, 4.69) is 9.84 Å². The standard InChI is InChI=1S/C13H8F3N3O2/c14-13(15,16)21-10-6-4-9(5-7-10)19-12(20)18-8-2-1-3-11(18)17-19/h1-8H. The second kappa shape index (κ2) is 4.65. The van der Waals surface area contributed by atoms with E-state index in [-0.39, 0.29) is 5.75 Å². The molecule has 2 heterocycles. The number of nitrogens with zero attached hydrogens (tertiary/aromatic N) is 3. The van der Waals surface area contributed by atoms with Crippen LogP contribution in [0, 0.1) is 0 Å². The summed E-state index contributed by atoms with van der Waals surface area (Å²) in [6.45, 7) is 0. The number of ether oxygens (including phenoxy) is 1. The molecular formula is C13H8F3N3O2. The lowest BCUT2D eigenvalue weighted by atomic mass is 10.3. The van der Waals surface area contributed by atoms with Crippen molar-refractivity contribution in [2.45, 2.75) is 6.36 Å². The number of rotatable bonds is 2. The fourth-order valence-corrected chi connectivity index (χ4v) is 1.88. The Balaban J connectivity index is 2.00. The lowest BCUT2D eigenvalue weighted by Gasteiger charge is -2.08.